The van der Waals surface area contributed by atoms with E-state index in [0.717, 1.165) is 25.0 Å². The highest BCUT2D eigenvalue weighted by Crippen LogP contribution is 2.23. The van der Waals surface area contributed by atoms with Crippen molar-refractivity contribution < 1.29 is 0 Å². The Labute approximate surface area is 127 Å². The van der Waals surface area contributed by atoms with E-state index in [2.05, 4.69) is 56.8 Å². The molecule has 0 aromatic carbocycles. The molecule has 2 unspecified atom stereocenters. The van der Waals surface area contributed by atoms with Crippen molar-refractivity contribution in [2.45, 2.75) is 53.5 Å². The molecule has 0 amide bonds. The van der Waals surface area contributed by atoms with Crippen molar-refractivity contribution in [3.05, 3.63) is 0 Å². The summed E-state index contributed by atoms with van der Waals surface area (Å²) in [6.45, 7) is 18.9. The summed E-state index contributed by atoms with van der Waals surface area (Å²) in [5.41, 5.74) is 0.406. The molecule has 2 atom stereocenters. The molecular formula is C17H37N3. The van der Waals surface area contributed by atoms with Crippen LogP contribution in [0.5, 0.6) is 0 Å². The van der Waals surface area contributed by atoms with E-state index in [0.29, 0.717) is 5.41 Å². The lowest BCUT2D eigenvalue weighted by atomic mass is 9.86. The van der Waals surface area contributed by atoms with Crippen LogP contribution in [0.25, 0.3) is 0 Å². The van der Waals surface area contributed by atoms with Crippen LogP contribution in [0.3, 0.4) is 0 Å². The molecule has 0 aromatic heterocycles. The Hall–Kier alpha value is -0.120. The predicted molar refractivity (Wildman–Crippen MR) is 89.3 cm³/mol. The number of piperazine rings is 1. The van der Waals surface area contributed by atoms with Crippen LogP contribution in [0, 0.1) is 11.3 Å². The lowest BCUT2D eigenvalue weighted by Gasteiger charge is -2.43. The highest BCUT2D eigenvalue weighted by Gasteiger charge is 2.29. The van der Waals surface area contributed by atoms with Crippen molar-refractivity contribution in [1.82, 2.24) is 15.1 Å². The molecule has 1 saturated heterocycles. The molecule has 1 N–H and O–H groups in total. The van der Waals surface area contributed by atoms with E-state index < -0.39 is 0 Å². The standard InChI is InChI=1S/C17H37N3/c1-7-16-12-20(10-9-19(16)6)14-17(5,8-2)13-18-11-15(3)4/h15-16,18H,7-14H2,1-6H3. The van der Waals surface area contributed by atoms with Gasteiger partial charge < -0.3 is 10.2 Å². The third-order valence-electron chi connectivity index (χ3n) is 4.90. The average molecular weight is 284 g/mol. The summed E-state index contributed by atoms with van der Waals surface area (Å²) >= 11 is 0. The molecule has 0 radical (unpaired) electrons. The van der Waals surface area contributed by atoms with E-state index in [1.165, 1.54) is 39.0 Å². The molecule has 1 aliphatic rings. The molecular weight excluding hydrogens is 246 g/mol. The maximum atomic E-state index is 3.66. The Balaban J connectivity index is 2.45. The number of rotatable bonds is 8. The molecule has 1 rings (SSSR count). The van der Waals surface area contributed by atoms with Crippen LogP contribution in [0.1, 0.15) is 47.5 Å². The van der Waals surface area contributed by atoms with Gasteiger partial charge in [0.1, 0.15) is 0 Å². The molecule has 1 fully saturated rings. The zero-order valence-electron chi connectivity index (χ0n) is 14.7. The minimum atomic E-state index is 0.406. The van der Waals surface area contributed by atoms with Gasteiger partial charge in [-0.15, -0.1) is 0 Å². The zero-order chi connectivity index (χ0) is 15.2. The SMILES string of the molecule is CCC1CN(CC(C)(CC)CNCC(C)C)CCN1C. The van der Waals surface area contributed by atoms with Gasteiger partial charge >= 0.3 is 0 Å². The first-order chi connectivity index (χ1) is 9.40. The van der Waals surface area contributed by atoms with Crippen LogP contribution in [0.15, 0.2) is 0 Å². The molecule has 120 valence electrons. The number of likely N-dealkylation sites (N-methyl/N-ethyl adjacent to an activating group) is 1. The van der Waals surface area contributed by atoms with Gasteiger partial charge in [0.15, 0.2) is 0 Å². The van der Waals surface area contributed by atoms with Crippen molar-refractivity contribution >= 4 is 0 Å². The largest absolute Gasteiger partial charge is 0.316 e. The fraction of sp³-hybridized carbons (Fsp3) is 1.00. The summed E-state index contributed by atoms with van der Waals surface area (Å²) in [6.07, 6.45) is 2.52. The maximum Gasteiger partial charge on any atom is 0.0218 e. The average Bonchev–Trinajstić information content (AvgIpc) is 2.40. The Morgan fingerprint density at radius 3 is 2.50 bits per heavy atom. The zero-order valence-corrected chi connectivity index (χ0v) is 14.7. The van der Waals surface area contributed by atoms with Crippen LogP contribution >= 0.6 is 0 Å². The first kappa shape index (κ1) is 17.9. The Morgan fingerprint density at radius 2 is 1.95 bits per heavy atom. The summed E-state index contributed by atoms with van der Waals surface area (Å²) in [6, 6.07) is 0.744. The summed E-state index contributed by atoms with van der Waals surface area (Å²) in [5.74, 6) is 0.740. The fourth-order valence-electron chi connectivity index (χ4n) is 3.09. The van der Waals surface area contributed by atoms with E-state index in [1.807, 2.05) is 0 Å². The predicted octanol–water partition coefficient (Wildman–Crippen LogP) is 2.67. The van der Waals surface area contributed by atoms with Crippen LogP contribution in [0.4, 0.5) is 0 Å². The molecule has 1 aliphatic heterocycles. The van der Waals surface area contributed by atoms with E-state index >= 15 is 0 Å². The highest BCUT2D eigenvalue weighted by atomic mass is 15.3. The fourth-order valence-corrected chi connectivity index (χ4v) is 3.09. The monoisotopic (exact) mass is 283 g/mol. The van der Waals surface area contributed by atoms with E-state index in [-0.39, 0.29) is 0 Å². The minimum absolute atomic E-state index is 0.406. The molecule has 3 nitrogen and oxygen atoms in total. The maximum absolute atomic E-state index is 3.66. The van der Waals surface area contributed by atoms with Crippen molar-refractivity contribution in [1.29, 1.82) is 0 Å². The first-order valence-electron chi connectivity index (χ1n) is 8.53. The van der Waals surface area contributed by atoms with Gasteiger partial charge in [-0.2, -0.15) is 0 Å². The minimum Gasteiger partial charge on any atom is -0.316 e. The topological polar surface area (TPSA) is 18.5 Å². The number of hydrogen-bond donors (Lipinski definition) is 1. The van der Waals surface area contributed by atoms with Crippen LogP contribution < -0.4 is 5.32 Å². The molecule has 3 heteroatoms. The molecule has 0 spiro atoms. The van der Waals surface area contributed by atoms with Crippen LogP contribution in [-0.4, -0.2) is 62.2 Å². The van der Waals surface area contributed by atoms with Crippen molar-refractivity contribution in [2.24, 2.45) is 11.3 Å². The van der Waals surface area contributed by atoms with Gasteiger partial charge in [-0.25, -0.2) is 0 Å². The summed E-state index contributed by atoms with van der Waals surface area (Å²) in [7, 11) is 2.27. The number of nitrogens with zero attached hydrogens (tertiary/aromatic N) is 2. The second-order valence-corrected chi connectivity index (χ2v) is 7.47. The summed E-state index contributed by atoms with van der Waals surface area (Å²) in [4.78, 5) is 5.21. The third-order valence-corrected chi connectivity index (χ3v) is 4.90. The highest BCUT2D eigenvalue weighted by molar-refractivity contribution is 4.85. The van der Waals surface area contributed by atoms with Gasteiger partial charge in [0.05, 0.1) is 0 Å². The smallest absolute Gasteiger partial charge is 0.0218 e. The molecule has 0 saturated carbocycles. The van der Waals surface area contributed by atoms with Gasteiger partial charge in [0.25, 0.3) is 0 Å². The van der Waals surface area contributed by atoms with Gasteiger partial charge in [0, 0.05) is 38.8 Å². The Morgan fingerprint density at radius 1 is 1.25 bits per heavy atom. The molecule has 0 aliphatic carbocycles. The van der Waals surface area contributed by atoms with Crippen LogP contribution in [0.2, 0.25) is 0 Å². The van der Waals surface area contributed by atoms with E-state index in [9.17, 15) is 0 Å². The molecule has 0 aromatic rings. The van der Waals surface area contributed by atoms with Gasteiger partial charge in [-0.05, 0) is 37.8 Å². The van der Waals surface area contributed by atoms with E-state index in [4.69, 9.17) is 0 Å². The molecule has 1 heterocycles. The van der Waals surface area contributed by atoms with Crippen LogP contribution in [-0.2, 0) is 0 Å². The van der Waals surface area contributed by atoms with E-state index in [1.54, 1.807) is 0 Å². The van der Waals surface area contributed by atoms with Gasteiger partial charge in [0.2, 0.25) is 0 Å². The first-order valence-corrected chi connectivity index (χ1v) is 8.53. The lowest BCUT2D eigenvalue weighted by Crippen LogP contribution is -2.54. The second-order valence-electron chi connectivity index (χ2n) is 7.47. The number of hydrogen-bond acceptors (Lipinski definition) is 3. The Kier molecular flexibility index (Phi) is 7.49. The third kappa shape index (κ3) is 5.71. The van der Waals surface area contributed by atoms with Gasteiger partial charge in [-0.1, -0.05) is 34.6 Å². The second kappa shape index (κ2) is 8.35. The van der Waals surface area contributed by atoms with Gasteiger partial charge in [-0.3, -0.25) is 4.90 Å². The van der Waals surface area contributed by atoms with Crippen molar-refractivity contribution in [2.75, 3.05) is 46.3 Å². The normalized spacial score (nSPS) is 25.1. The van der Waals surface area contributed by atoms with Crippen molar-refractivity contribution in [3.63, 3.8) is 0 Å². The molecule has 0 bridgehead atoms. The van der Waals surface area contributed by atoms with Crippen molar-refractivity contribution in [3.8, 4) is 0 Å². The summed E-state index contributed by atoms with van der Waals surface area (Å²) in [5, 5.41) is 3.66. The summed E-state index contributed by atoms with van der Waals surface area (Å²) < 4.78 is 0. The Bertz CT molecular complexity index is 267. The number of nitrogens with one attached hydrogen (secondary N) is 1. The molecule has 20 heavy (non-hydrogen) atoms. The lowest BCUT2D eigenvalue weighted by molar-refractivity contribution is 0.0594. The quantitative estimate of drug-likeness (QED) is 0.739.